The van der Waals surface area contributed by atoms with Gasteiger partial charge >= 0.3 is 0 Å². The number of nitrogen functional groups attached to an aromatic ring is 1. The van der Waals surface area contributed by atoms with Crippen LogP contribution in [-0.4, -0.2) is 34.1 Å². The van der Waals surface area contributed by atoms with E-state index in [1.165, 1.54) is 6.42 Å². The molecule has 5 heteroatoms. The fourth-order valence-corrected chi connectivity index (χ4v) is 2.72. The van der Waals surface area contributed by atoms with Crippen LogP contribution in [-0.2, 0) is 0 Å². The van der Waals surface area contributed by atoms with Gasteiger partial charge in [0.05, 0.1) is 5.52 Å². The van der Waals surface area contributed by atoms with Crippen LogP contribution in [0.5, 0.6) is 0 Å². The Labute approximate surface area is 111 Å². The molecule has 1 aliphatic rings. The average Bonchev–Trinajstić information content (AvgIpc) is 2.80. The number of hydrogen-bond donors (Lipinski definition) is 2. The summed E-state index contributed by atoms with van der Waals surface area (Å²) in [7, 11) is 0. The molecule has 1 aliphatic heterocycles. The van der Waals surface area contributed by atoms with E-state index in [0.717, 1.165) is 30.4 Å². The molecule has 1 unspecified atom stereocenters. The van der Waals surface area contributed by atoms with Gasteiger partial charge in [-0.1, -0.05) is 6.92 Å². The third kappa shape index (κ3) is 2.16. The molecule has 0 bridgehead atoms. The number of carbonyl (C=O) groups is 1. The molecule has 2 aromatic rings. The van der Waals surface area contributed by atoms with Crippen LogP contribution in [0.1, 0.15) is 30.3 Å². The number of carbonyl (C=O) groups excluding carboxylic acids is 1. The van der Waals surface area contributed by atoms with E-state index in [2.05, 4.69) is 17.1 Å². The van der Waals surface area contributed by atoms with Gasteiger partial charge in [-0.05, 0) is 37.0 Å². The molecule has 1 amide bonds. The zero-order valence-electron chi connectivity index (χ0n) is 11.0. The van der Waals surface area contributed by atoms with Crippen molar-refractivity contribution in [2.24, 2.45) is 5.92 Å². The smallest absolute Gasteiger partial charge is 0.275 e. The van der Waals surface area contributed by atoms with Gasteiger partial charge in [0.15, 0.2) is 5.69 Å². The van der Waals surface area contributed by atoms with Crippen molar-refractivity contribution in [1.29, 1.82) is 0 Å². The standard InChI is InChI=1S/C14H18N4O/c1-9-3-2-6-18(8-9)14(19)13-11-7-10(15)4-5-12(11)16-17-13/h4-5,7,9H,2-3,6,8,15H2,1H3,(H,16,17). The molecular weight excluding hydrogens is 240 g/mol. The molecule has 1 saturated heterocycles. The van der Waals surface area contributed by atoms with Crippen LogP contribution >= 0.6 is 0 Å². The van der Waals surface area contributed by atoms with Gasteiger partial charge in [-0.25, -0.2) is 0 Å². The van der Waals surface area contributed by atoms with E-state index in [1.807, 2.05) is 11.0 Å². The molecule has 1 atom stereocenters. The molecular formula is C14H18N4O. The Balaban J connectivity index is 1.95. The highest BCUT2D eigenvalue weighted by Gasteiger charge is 2.25. The maximum atomic E-state index is 12.5. The van der Waals surface area contributed by atoms with E-state index in [0.29, 0.717) is 17.3 Å². The lowest BCUT2D eigenvalue weighted by atomic mass is 10.00. The van der Waals surface area contributed by atoms with Crippen molar-refractivity contribution in [2.75, 3.05) is 18.8 Å². The first-order chi connectivity index (χ1) is 9.15. The summed E-state index contributed by atoms with van der Waals surface area (Å²) >= 11 is 0. The minimum absolute atomic E-state index is 0.00315. The molecule has 1 aromatic heterocycles. The van der Waals surface area contributed by atoms with Crippen LogP contribution in [0.3, 0.4) is 0 Å². The molecule has 1 fully saturated rings. The van der Waals surface area contributed by atoms with E-state index in [4.69, 9.17) is 5.73 Å². The van der Waals surface area contributed by atoms with Gasteiger partial charge < -0.3 is 10.6 Å². The number of aromatic amines is 1. The number of piperidine rings is 1. The van der Waals surface area contributed by atoms with E-state index >= 15 is 0 Å². The Morgan fingerprint density at radius 2 is 2.37 bits per heavy atom. The number of amides is 1. The predicted molar refractivity (Wildman–Crippen MR) is 74.8 cm³/mol. The van der Waals surface area contributed by atoms with Crippen LogP contribution in [0.25, 0.3) is 10.9 Å². The fraction of sp³-hybridized carbons (Fsp3) is 0.429. The number of rotatable bonds is 1. The van der Waals surface area contributed by atoms with Gasteiger partial charge in [0, 0.05) is 24.2 Å². The van der Waals surface area contributed by atoms with Gasteiger partial charge in [-0.15, -0.1) is 0 Å². The molecule has 5 nitrogen and oxygen atoms in total. The molecule has 1 aromatic carbocycles. The summed E-state index contributed by atoms with van der Waals surface area (Å²) in [5, 5.41) is 7.87. The van der Waals surface area contributed by atoms with Crippen molar-refractivity contribution in [1.82, 2.24) is 15.1 Å². The Hall–Kier alpha value is -2.04. The van der Waals surface area contributed by atoms with Gasteiger partial charge in [-0.3, -0.25) is 9.89 Å². The van der Waals surface area contributed by atoms with Crippen molar-refractivity contribution >= 4 is 22.5 Å². The van der Waals surface area contributed by atoms with Crippen LogP contribution in [0.4, 0.5) is 5.69 Å². The highest BCUT2D eigenvalue weighted by Crippen LogP contribution is 2.23. The molecule has 0 radical (unpaired) electrons. The quantitative estimate of drug-likeness (QED) is 0.768. The van der Waals surface area contributed by atoms with Gasteiger partial charge in [0.25, 0.3) is 5.91 Å². The average molecular weight is 258 g/mol. The zero-order chi connectivity index (χ0) is 13.4. The Bertz CT molecular complexity index is 619. The minimum Gasteiger partial charge on any atom is -0.399 e. The number of H-pyrrole nitrogens is 1. The van der Waals surface area contributed by atoms with Crippen molar-refractivity contribution in [2.45, 2.75) is 19.8 Å². The largest absolute Gasteiger partial charge is 0.399 e. The van der Waals surface area contributed by atoms with Crippen molar-refractivity contribution in [3.8, 4) is 0 Å². The highest BCUT2D eigenvalue weighted by atomic mass is 16.2. The van der Waals surface area contributed by atoms with Gasteiger partial charge in [0.1, 0.15) is 0 Å². The molecule has 0 spiro atoms. The maximum Gasteiger partial charge on any atom is 0.275 e. The fourth-order valence-electron chi connectivity index (χ4n) is 2.72. The second-order valence-electron chi connectivity index (χ2n) is 5.38. The van der Waals surface area contributed by atoms with Crippen LogP contribution < -0.4 is 5.73 Å². The Morgan fingerprint density at radius 1 is 1.53 bits per heavy atom. The SMILES string of the molecule is CC1CCCN(C(=O)c2n[nH]c3ccc(N)cc23)C1. The Morgan fingerprint density at radius 3 is 3.16 bits per heavy atom. The summed E-state index contributed by atoms with van der Waals surface area (Å²) in [4.78, 5) is 14.4. The first-order valence-electron chi connectivity index (χ1n) is 6.68. The highest BCUT2D eigenvalue weighted by molar-refractivity contribution is 6.05. The van der Waals surface area contributed by atoms with E-state index < -0.39 is 0 Å². The molecule has 2 heterocycles. The summed E-state index contributed by atoms with van der Waals surface area (Å²) in [5.74, 6) is 0.566. The Kier molecular flexibility index (Phi) is 2.89. The summed E-state index contributed by atoms with van der Waals surface area (Å²) in [6, 6.07) is 5.46. The summed E-state index contributed by atoms with van der Waals surface area (Å²) in [5.41, 5.74) is 7.77. The number of anilines is 1. The minimum atomic E-state index is 0.00315. The van der Waals surface area contributed by atoms with Crippen LogP contribution in [0, 0.1) is 5.92 Å². The number of benzene rings is 1. The summed E-state index contributed by atoms with van der Waals surface area (Å²) in [6.07, 6.45) is 2.26. The molecule has 0 aliphatic carbocycles. The number of nitrogens with zero attached hydrogens (tertiary/aromatic N) is 2. The predicted octanol–water partition coefficient (Wildman–Crippen LogP) is 2.02. The third-order valence-corrected chi connectivity index (χ3v) is 3.73. The van der Waals surface area contributed by atoms with Gasteiger partial charge in [0.2, 0.25) is 0 Å². The second-order valence-corrected chi connectivity index (χ2v) is 5.38. The first kappa shape index (κ1) is 12.0. The first-order valence-corrected chi connectivity index (χ1v) is 6.68. The lowest BCUT2D eigenvalue weighted by Crippen LogP contribution is -2.39. The number of aromatic nitrogens is 2. The van der Waals surface area contributed by atoms with E-state index in [9.17, 15) is 4.79 Å². The number of hydrogen-bond acceptors (Lipinski definition) is 3. The van der Waals surface area contributed by atoms with Crippen molar-refractivity contribution < 1.29 is 4.79 Å². The van der Waals surface area contributed by atoms with Gasteiger partial charge in [-0.2, -0.15) is 5.10 Å². The summed E-state index contributed by atoms with van der Waals surface area (Å²) in [6.45, 7) is 3.81. The lowest BCUT2D eigenvalue weighted by Gasteiger charge is -2.30. The molecule has 3 N–H and O–H groups in total. The van der Waals surface area contributed by atoms with Crippen LogP contribution in [0.2, 0.25) is 0 Å². The van der Waals surface area contributed by atoms with Crippen LogP contribution in [0.15, 0.2) is 18.2 Å². The van der Waals surface area contributed by atoms with E-state index in [1.54, 1.807) is 12.1 Å². The van der Waals surface area contributed by atoms with Crippen molar-refractivity contribution in [3.63, 3.8) is 0 Å². The number of nitrogens with two attached hydrogens (primary N) is 1. The molecule has 19 heavy (non-hydrogen) atoms. The van der Waals surface area contributed by atoms with Crippen molar-refractivity contribution in [3.05, 3.63) is 23.9 Å². The molecule has 100 valence electrons. The normalized spacial score (nSPS) is 19.8. The lowest BCUT2D eigenvalue weighted by molar-refractivity contribution is 0.0679. The summed E-state index contributed by atoms with van der Waals surface area (Å²) < 4.78 is 0. The maximum absolute atomic E-state index is 12.5. The number of fused-ring (bicyclic) bond motifs is 1. The zero-order valence-corrected chi connectivity index (χ0v) is 11.0. The topological polar surface area (TPSA) is 75.0 Å². The molecule has 0 saturated carbocycles. The number of likely N-dealkylation sites (tertiary alicyclic amines) is 1. The third-order valence-electron chi connectivity index (χ3n) is 3.73. The second kappa shape index (κ2) is 4.57. The molecule has 3 rings (SSSR count). The van der Waals surface area contributed by atoms with E-state index in [-0.39, 0.29) is 5.91 Å². The number of nitrogens with one attached hydrogen (secondary N) is 1. The monoisotopic (exact) mass is 258 g/mol.